The first kappa shape index (κ1) is 17.9. The van der Waals surface area contributed by atoms with Crippen molar-refractivity contribution < 1.29 is 9.53 Å². The van der Waals surface area contributed by atoms with E-state index in [-0.39, 0.29) is 11.4 Å². The molecule has 2 aromatic carbocycles. The lowest BCUT2D eigenvalue weighted by Gasteiger charge is -2.46. The predicted octanol–water partition coefficient (Wildman–Crippen LogP) is 4.43. The summed E-state index contributed by atoms with van der Waals surface area (Å²) >= 11 is 0. The van der Waals surface area contributed by atoms with E-state index in [9.17, 15) is 4.79 Å². The largest absolute Gasteiger partial charge is 0.494 e. The Hall–Kier alpha value is -3.21. The molecule has 1 saturated heterocycles. The van der Waals surface area contributed by atoms with Crippen LogP contribution in [0.5, 0.6) is 5.75 Å². The van der Waals surface area contributed by atoms with Gasteiger partial charge in [-0.15, -0.1) is 0 Å². The van der Waals surface area contributed by atoms with Crippen molar-refractivity contribution in [1.82, 2.24) is 9.47 Å². The minimum Gasteiger partial charge on any atom is -0.494 e. The van der Waals surface area contributed by atoms with E-state index in [0.717, 1.165) is 42.9 Å². The maximum atomic E-state index is 13.0. The zero-order valence-corrected chi connectivity index (χ0v) is 16.6. The highest BCUT2D eigenvalue weighted by atomic mass is 16.5. The van der Waals surface area contributed by atoms with E-state index in [2.05, 4.69) is 52.5 Å². The monoisotopic (exact) mass is 387 g/mol. The molecule has 1 spiro atoms. The summed E-state index contributed by atoms with van der Waals surface area (Å²) in [4.78, 5) is 15.0. The highest BCUT2D eigenvalue weighted by Gasteiger charge is 2.42. The molecule has 5 rings (SSSR count). The van der Waals surface area contributed by atoms with E-state index in [4.69, 9.17) is 4.74 Å². The van der Waals surface area contributed by atoms with Crippen LogP contribution in [-0.4, -0.2) is 35.1 Å². The Kier molecular flexibility index (Phi) is 4.31. The summed E-state index contributed by atoms with van der Waals surface area (Å²) in [7, 11) is 0. The molecule has 2 aliphatic rings. The van der Waals surface area contributed by atoms with Gasteiger partial charge >= 0.3 is 0 Å². The fourth-order valence-electron chi connectivity index (χ4n) is 4.61. The van der Waals surface area contributed by atoms with Gasteiger partial charge in [0.15, 0.2) is 0 Å². The van der Waals surface area contributed by atoms with Crippen molar-refractivity contribution in [2.75, 3.05) is 25.0 Å². The molecular formula is C24H25N3O2. The summed E-state index contributed by atoms with van der Waals surface area (Å²) in [5.74, 6) is 0.891. The van der Waals surface area contributed by atoms with Crippen LogP contribution in [-0.2, 0) is 5.54 Å². The molecule has 0 saturated carbocycles. The minimum atomic E-state index is -0.131. The van der Waals surface area contributed by atoms with Gasteiger partial charge in [-0.2, -0.15) is 0 Å². The number of nitrogens with zero attached hydrogens (tertiary/aromatic N) is 2. The smallest absolute Gasteiger partial charge is 0.253 e. The first-order valence-corrected chi connectivity index (χ1v) is 10.3. The molecule has 1 fully saturated rings. The molecule has 3 heterocycles. The van der Waals surface area contributed by atoms with Crippen LogP contribution in [0.3, 0.4) is 0 Å². The van der Waals surface area contributed by atoms with Crippen molar-refractivity contribution in [2.45, 2.75) is 25.3 Å². The predicted molar refractivity (Wildman–Crippen MR) is 114 cm³/mol. The lowest BCUT2D eigenvalue weighted by atomic mass is 9.82. The third-order valence-corrected chi connectivity index (χ3v) is 6.09. The lowest BCUT2D eigenvalue weighted by molar-refractivity contribution is 0.0676. The normalized spacial score (nSPS) is 16.7. The van der Waals surface area contributed by atoms with Gasteiger partial charge in [-0.1, -0.05) is 12.1 Å². The van der Waals surface area contributed by atoms with Gasteiger partial charge in [0.05, 0.1) is 23.5 Å². The fourth-order valence-corrected chi connectivity index (χ4v) is 4.61. The number of aromatic nitrogens is 1. The van der Waals surface area contributed by atoms with E-state index in [1.807, 2.05) is 36.1 Å². The van der Waals surface area contributed by atoms with Gasteiger partial charge in [0.2, 0.25) is 0 Å². The molecule has 1 amide bonds. The van der Waals surface area contributed by atoms with E-state index in [1.165, 1.54) is 11.4 Å². The van der Waals surface area contributed by atoms with Gasteiger partial charge in [0.25, 0.3) is 5.91 Å². The number of rotatable bonds is 3. The number of nitrogens with one attached hydrogen (secondary N) is 1. The van der Waals surface area contributed by atoms with Crippen LogP contribution in [0.15, 0.2) is 66.9 Å². The molecule has 0 atom stereocenters. The first-order valence-electron chi connectivity index (χ1n) is 10.3. The van der Waals surface area contributed by atoms with Crippen molar-refractivity contribution in [3.8, 4) is 11.4 Å². The van der Waals surface area contributed by atoms with E-state index in [1.54, 1.807) is 0 Å². The van der Waals surface area contributed by atoms with E-state index in [0.29, 0.717) is 6.61 Å². The molecule has 3 aromatic rings. The first-order chi connectivity index (χ1) is 14.2. The highest BCUT2D eigenvalue weighted by Crippen LogP contribution is 2.43. The Morgan fingerprint density at radius 1 is 1.03 bits per heavy atom. The van der Waals surface area contributed by atoms with Gasteiger partial charge in [-0.05, 0) is 68.3 Å². The maximum absolute atomic E-state index is 13.0. The molecule has 1 N–H and O–H groups in total. The Labute approximate surface area is 170 Å². The molecule has 2 aliphatic heterocycles. The van der Waals surface area contributed by atoms with Crippen LogP contribution in [0.1, 0.15) is 35.8 Å². The number of piperidine rings is 1. The van der Waals surface area contributed by atoms with E-state index >= 15 is 0 Å². The van der Waals surface area contributed by atoms with Crippen LogP contribution in [0, 0.1) is 0 Å². The minimum absolute atomic E-state index is 0.0921. The molecule has 5 nitrogen and oxygen atoms in total. The second-order valence-electron chi connectivity index (χ2n) is 7.74. The van der Waals surface area contributed by atoms with E-state index < -0.39 is 0 Å². The number of ether oxygens (including phenoxy) is 1. The van der Waals surface area contributed by atoms with Crippen molar-refractivity contribution in [2.24, 2.45) is 0 Å². The fraction of sp³-hybridized carbons (Fsp3) is 0.292. The summed E-state index contributed by atoms with van der Waals surface area (Å²) in [6.07, 6.45) is 3.90. The zero-order valence-electron chi connectivity index (χ0n) is 16.6. The van der Waals surface area contributed by atoms with Crippen LogP contribution in [0.2, 0.25) is 0 Å². The van der Waals surface area contributed by atoms with Crippen LogP contribution in [0.4, 0.5) is 5.69 Å². The molecule has 0 aliphatic carbocycles. The number of fused-ring (bicyclic) bond motifs is 4. The molecule has 29 heavy (non-hydrogen) atoms. The van der Waals surface area contributed by atoms with Gasteiger partial charge in [-0.25, -0.2) is 0 Å². The average Bonchev–Trinajstić information content (AvgIpc) is 3.26. The Morgan fingerprint density at radius 3 is 2.55 bits per heavy atom. The number of para-hydroxylation sites is 2. The van der Waals surface area contributed by atoms with Crippen LogP contribution < -0.4 is 10.1 Å². The quantitative estimate of drug-likeness (QED) is 0.723. The summed E-state index contributed by atoms with van der Waals surface area (Å²) in [5, 5.41) is 3.80. The summed E-state index contributed by atoms with van der Waals surface area (Å²) in [6, 6.07) is 20.2. The molecular weight excluding hydrogens is 362 g/mol. The molecule has 0 unspecified atom stereocenters. The third-order valence-electron chi connectivity index (χ3n) is 6.09. The van der Waals surface area contributed by atoms with Gasteiger partial charge in [0, 0.05) is 30.5 Å². The van der Waals surface area contributed by atoms with Gasteiger partial charge in [0.1, 0.15) is 5.75 Å². The number of hydrogen-bond acceptors (Lipinski definition) is 3. The number of likely N-dealkylation sites (tertiary alicyclic amines) is 1. The standard InChI is InChI=1S/C24H25N3O2/c1-2-29-19-11-9-18(10-12-19)23(28)26-16-13-24(14-17-26)22-8-5-15-27(22)21-7-4-3-6-20(21)25-24/h3-12,15,25H,2,13-14,16-17H2,1H3. The maximum Gasteiger partial charge on any atom is 0.253 e. The number of hydrogen-bond donors (Lipinski definition) is 1. The van der Waals surface area contributed by atoms with Crippen LogP contribution >= 0.6 is 0 Å². The Morgan fingerprint density at radius 2 is 1.79 bits per heavy atom. The average molecular weight is 387 g/mol. The van der Waals surface area contributed by atoms with Gasteiger partial charge < -0.3 is 19.5 Å². The summed E-state index contributed by atoms with van der Waals surface area (Å²) < 4.78 is 7.77. The Balaban J connectivity index is 1.35. The topological polar surface area (TPSA) is 46.5 Å². The van der Waals surface area contributed by atoms with Crippen molar-refractivity contribution in [3.05, 3.63) is 78.1 Å². The molecule has 0 radical (unpaired) electrons. The molecule has 1 aromatic heterocycles. The number of benzene rings is 2. The second-order valence-corrected chi connectivity index (χ2v) is 7.74. The van der Waals surface area contributed by atoms with Crippen molar-refractivity contribution >= 4 is 11.6 Å². The molecule has 5 heteroatoms. The van der Waals surface area contributed by atoms with Crippen molar-refractivity contribution in [3.63, 3.8) is 0 Å². The number of anilines is 1. The molecule has 148 valence electrons. The molecule has 0 bridgehead atoms. The zero-order chi connectivity index (χ0) is 19.8. The SMILES string of the molecule is CCOc1ccc(C(=O)N2CCC3(CC2)Nc2ccccc2-n2cccc23)cc1. The second kappa shape index (κ2) is 6.99. The summed E-state index contributed by atoms with van der Waals surface area (Å²) in [6.45, 7) is 4.04. The van der Waals surface area contributed by atoms with Crippen LogP contribution in [0.25, 0.3) is 5.69 Å². The highest BCUT2D eigenvalue weighted by molar-refractivity contribution is 5.94. The lowest BCUT2D eigenvalue weighted by Crippen LogP contribution is -2.51. The number of carbonyl (C=O) groups excluding carboxylic acids is 1. The van der Waals surface area contributed by atoms with Gasteiger partial charge in [-0.3, -0.25) is 4.79 Å². The third kappa shape index (κ3) is 2.97. The Bertz CT molecular complexity index is 1030. The number of amides is 1. The summed E-state index contributed by atoms with van der Waals surface area (Å²) in [5.41, 5.74) is 4.21. The number of carbonyl (C=O) groups is 1. The van der Waals surface area contributed by atoms with Crippen molar-refractivity contribution in [1.29, 1.82) is 0 Å².